The molecule has 0 atom stereocenters. The van der Waals surface area contributed by atoms with Crippen LogP contribution in [0.3, 0.4) is 0 Å². The van der Waals surface area contributed by atoms with Gasteiger partial charge in [0.2, 0.25) is 0 Å². The molecule has 1 amide bonds. The number of anilines is 3. The maximum atomic E-state index is 13.6. The Morgan fingerprint density at radius 2 is 1.86 bits per heavy atom. The number of ether oxygens (including phenoxy) is 1. The molecule has 2 N–H and O–H groups in total. The van der Waals surface area contributed by atoms with E-state index in [1.165, 1.54) is 11.3 Å². The van der Waals surface area contributed by atoms with Crippen LogP contribution < -0.4 is 15.5 Å². The molecule has 3 aromatic rings. The minimum absolute atomic E-state index is 0.0826. The third-order valence-corrected chi connectivity index (χ3v) is 8.69. The van der Waals surface area contributed by atoms with Gasteiger partial charge in [-0.25, -0.2) is 9.97 Å². The van der Waals surface area contributed by atoms with E-state index in [4.69, 9.17) is 4.74 Å². The highest BCUT2D eigenvalue weighted by molar-refractivity contribution is 7.21. The van der Waals surface area contributed by atoms with Crippen molar-refractivity contribution in [3.8, 4) is 0 Å². The van der Waals surface area contributed by atoms with Crippen LogP contribution in [0.15, 0.2) is 30.6 Å². The molecular weight excluding hydrogens is 472 g/mol. The summed E-state index contributed by atoms with van der Waals surface area (Å²) in [6, 6.07) is 6.17. The molecule has 1 saturated carbocycles. The number of thiophene rings is 1. The molecule has 192 valence electrons. The number of carbonyl (C=O) groups is 1. The van der Waals surface area contributed by atoms with Crippen LogP contribution in [0.5, 0.6) is 0 Å². The van der Waals surface area contributed by atoms with E-state index in [-0.39, 0.29) is 5.91 Å². The number of hydrogen-bond acceptors (Lipinski definition) is 8. The van der Waals surface area contributed by atoms with Gasteiger partial charge in [0.15, 0.2) is 0 Å². The number of pyridine rings is 2. The van der Waals surface area contributed by atoms with Gasteiger partial charge in [0.25, 0.3) is 5.91 Å². The number of carbonyl (C=O) groups excluding carboxylic acids is 1. The zero-order valence-corrected chi connectivity index (χ0v) is 22.3. The van der Waals surface area contributed by atoms with Crippen molar-refractivity contribution in [2.24, 2.45) is 0 Å². The molecule has 36 heavy (non-hydrogen) atoms. The largest absolute Gasteiger partial charge is 0.373 e. The van der Waals surface area contributed by atoms with E-state index < -0.39 is 5.60 Å². The van der Waals surface area contributed by atoms with Crippen LogP contribution in [-0.4, -0.2) is 67.2 Å². The van der Waals surface area contributed by atoms with Gasteiger partial charge in [-0.2, -0.15) is 0 Å². The summed E-state index contributed by atoms with van der Waals surface area (Å²) < 4.78 is 7.20. The molecule has 1 saturated heterocycles. The summed E-state index contributed by atoms with van der Waals surface area (Å²) in [6.07, 6.45) is 7.84. The standard InChI is InChI=1S/C27H36N6O2S/c1-4-32(5-2)26(34)25-24(27(35-3)10-6-7-11-27)20-16-23(30-18-21(20)36-25)31-22-9-8-19(17-29-22)33-14-12-28-13-15-33/h8-9,16-18,28H,4-7,10-15H2,1-3H3,(H,29,30,31). The van der Waals surface area contributed by atoms with Gasteiger partial charge in [-0.3, -0.25) is 4.79 Å². The predicted octanol–water partition coefficient (Wildman–Crippen LogP) is 4.74. The molecule has 8 nitrogen and oxygen atoms in total. The topological polar surface area (TPSA) is 82.6 Å². The molecule has 1 aliphatic carbocycles. The van der Waals surface area contributed by atoms with Gasteiger partial charge in [-0.15, -0.1) is 11.3 Å². The molecule has 3 aromatic heterocycles. The summed E-state index contributed by atoms with van der Waals surface area (Å²) >= 11 is 1.54. The Morgan fingerprint density at radius 1 is 1.14 bits per heavy atom. The molecule has 4 heterocycles. The van der Waals surface area contributed by atoms with Crippen LogP contribution in [0.4, 0.5) is 17.3 Å². The molecule has 0 bridgehead atoms. The quantitative estimate of drug-likeness (QED) is 0.455. The van der Waals surface area contributed by atoms with Crippen molar-refractivity contribution in [1.29, 1.82) is 0 Å². The van der Waals surface area contributed by atoms with Crippen LogP contribution in [0.25, 0.3) is 10.1 Å². The Kier molecular flexibility index (Phi) is 7.41. The van der Waals surface area contributed by atoms with Crippen LogP contribution in [0.2, 0.25) is 0 Å². The molecule has 2 fully saturated rings. The second-order valence-corrected chi connectivity index (χ2v) is 10.6. The van der Waals surface area contributed by atoms with Crippen LogP contribution in [0.1, 0.15) is 54.8 Å². The summed E-state index contributed by atoms with van der Waals surface area (Å²) in [5.74, 6) is 1.55. The number of piperazine rings is 1. The molecular formula is C27H36N6O2S. The third-order valence-electron chi connectivity index (χ3n) is 7.56. The molecule has 2 aliphatic rings. The zero-order valence-electron chi connectivity index (χ0n) is 21.5. The number of aromatic nitrogens is 2. The average Bonchev–Trinajstić information content (AvgIpc) is 3.55. The smallest absolute Gasteiger partial charge is 0.264 e. The highest BCUT2D eigenvalue weighted by Gasteiger charge is 2.41. The first-order valence-electron chi connectivity index (χ1n) is 13.0. The number of nitrogens with zero attached hydrogens (tertiary/aromatic N) is 4. The monoisotopic (exact) mass is 508 g/mol. The normalized spacial score (nSPS) is 17.5. The van der Waals surface area contributed by atoms with Gasteiger partial charge in [-0.05, 0) is 44.9 Å². The number of hydrogen-bond donors (Lipinski definition) is 2. The van der Waals surface area contributed by atoms with Gasteiger partial charge in [0, 0.05) is 63.5 Å². The maximum Gasteiger partial charge on any atom is 0.264 e. The van der Waals surface area contributed by atoms with Gasteiger partial charge >= 0.3 is 0 Å². The Hall–Kier alpha value is -2.75. The van der Waals surface area contributed by atoms with Crippen LogP contribution >= 0.6 is 11.3 Å². The molecule has 1 aliphatic heterocycles. The summed E-state index contributed by atoms with van der Waals surface area (Å²) in [7, 11) is 1.78. The lowest BCUT2D eigenvalue weighted by molar-refractivity contribution is -0.00795. The summed E-state index contributed by atoms with van der Waals surface area (Å²) in [5, 5.41) is 7.81. The van der Waals surface area contributed by atoms with Crippen LogP contribution in [0, 0.1) is 0 Å². The van der Waals surface area contributed by atoms with Crippen molar-refractivity contribution in [1.82, 2.24) is 20.2 Å². The fraction of sp³-hybridized carbons (Fsp3) is 0.519. The summed E-state index contributed by atoms with van der Waals surface area (Å²) in [5.41, 5.74) is 1.73. The lowest BCUT2D eigenvalue weighted by atomic mass is 9.89. The molecule has 9 heteroatoms. The zero-order chi connectivity index (χ0) is 25.1. The predicted molar refractivity (Wildman–Crippen MR) is 147 cm³/mol. The van der Waals surface area contributed by atoms with Crippen molar-refractivity contribution in [3.63, 3.8) is 0 Å². The number of fused-ring (bicyclic) bond motifs is 1. The SMILES string of the molecule is CCN(CC)C(=O)c1sc2cnc(Nc3ccc(N4CCNCC4)cn3)cc2c1C1(OC)CCCC1. The Labute approximate surface area is 217 Å². The molecule has 0 spiro atoms. The Bertz CT molecular complexity index is 1190. The van der Waals surface area contributed by atoms with Gasteiger partial charge in [0.1, 0.15) is 11.6 Å². The minimum atomic E-state index is -0.432. The minimum Gasteiger partial charge on any atom is -0.373 e. The second-order valence-electron chi connectivity index (χ2n) is 9.52. The van der Waals surface area contributed by atoms with Gasteiger partial charge in [0.05, 0.1) is 27.1 Å². The Morgan fingerprint density at radius 3 is 2.50 bits per heavy atom. The van der Waals surface area contributed by atoms with E-state index in [1.807, 2.05) is 37.2 Å². The van der Waals surface area contributed by atoms with Crippen molar-refractivity contribution in [3.05, 3.63) is 41.0 Å². The number of amides is 1. The number of methoxy groups -OCH3 is 1. The summed E-state index contributed by atoms with van der Waals surface area (Å²) in [6.45, 7) is 9.39. The molecule has 0 radical (unpaired) electrons. The van der Waals surface area contributed by atoms with E-state index >= 15 is 0 Å². The maximum absolute atomic E-state index is 13.6. The van der Waals surface area contributed by atoms with Crippen molar-refractivity contribution in [2.45, 2.75) is 45.1 Å². The van der Waals surface area contributed by atoms with E-state index in [9.17, 15) is 4.79 Å². The molecule has 5 rings (SSSR count). The van der Waals surface area contributed by atoms with Gasteiger partial charge in [-0.1, -0.05) is 12.8 Å². The number of nitrogens with one attached hydrogen (secondary N) is 2. The first-order chi connectivity index (χ1) is 17.6. The average molecular weight is 509 g/mol. The Balaban J connectivity index is 1.49. The van der Waals surface area contributed by atoms with Crippen molar-refractivity contribution >= 4 is 44.7 Å². The molecule has 0 aromatic carbocycles. The van der Waals surface area contributed by atoms with Crippen molar-refractivity contribution < 1.29 is 9.53 Å². The fourth-order valence-corrected chi connectivity index (χ4v) is 6.74. The third kappa shape index (κ3) is 4.67. The van der Waals surface area contributed by atoms with Gasteiger partial charge < -0.3 is 25.2 Å². The van der Waals surface area contributed by atoms with E-state index in [2.05, 4.69) is 37.6 Å². The lowest BCUT2D eigenvalue weighted by Gasteiger charge is -2.30. The van der Waals surface area contributed by atoms with E-state index in [0.29, 0.717) is 13.1 Å². The molecule has 0 unspecified atom stereocenters. The fourth-order valence-electron chi connectivity index (χ4n) is 5.53. The summed E-state index contributed by atoms with van der Waals surface area (Å²) in [4.78, 5) is 27.9. The van der Waals surface area contributed by atoms with Crippen LogP contribution in [-0.2, 0) is 10.3 Å². The highest BCUT2D eigenvalue weighted by atomic mass is 32.1. The first-order valence-corrected chi connectivity index (χ1v) is 13.9. The van der Waals surface area contributed by atoms with E-state index in [1.54, 1.807) is 7.11 Å². The highest BCUT2D eigenvalue weighted by Crippen LogP contribution is 2.49. The van der Waals surface area contributed by atoms with Crippen molar-refractivity contribution in [2.75, 3.05) is 56.6 Å². The second kappa shape index (κ2) is 10.7. The van der Waals surface area contributed by atoms with E-state index in [0.717, 1.165) is 89.7 Å². The number of rotatable bonds is 8. The first kappa shape index (κ1) is 24.9. The lowest BCUT2D eigenvalue weighted by Crippen LogP contribution is -2.43.